The number of nitriles is 2. The number of rotatable bonds is 2. The second-order valence-electron chi connectivity index (χ2n) is 4.31. The first-order valence-electron chi connectivity index (χ1n) is 6.10. The summed E-state index contributed by atoms with van der Waals surface area (Å²) >= 11 is 1.51. The van der Waals surface area contributed by atoms with E-state index in [2.05, 4.69) is 12.1 Å². The predicted octanol–water partition coefficient (Wildman–Crippen LogP) is 4.00. The number of hydrogen-bond donors (Lipinski definition) is 1. The average molecular weight is 291 g/mol. The molecule has 1 aromatic carbocycles. The van der Waals surface area contributed by atoms with Crippen molar-refractivity contribution >= 4 is 17.0 Å². The SMILES string of the molecule is N#Cc1c(-c2ccco2)cc(-c2cccs2)c(C#N)c1N. The van der Waals surface area contributed by atoms with Gasteiger partial charge in [0.1, 0.15) is 17.9 Å². The van der Waals surface area contributed by atoms with Gasteiger partial charge in [0.2, 0.25) is 0 Å². The molecule has 0 saturated heterocycles. The lowest BCUT2D eigenvalue weighted by Gasteiger charge is -2.10. The van der Waals surface area contributed by atoms with Crippen molar-refractivity contribution in [2.45, 2.75) is 0 Å². The molecule has 0 aliphatic rings. The summed E-state index contributed by atoms with van der Waals surface area (Å²) in [5, 5.41) is 20.7. The van der Waals surface area contributed by atoms with Gasteiger partial charge in [-0.25, -0.2) is 0 Å². The third kappa shape index (κ3) is 2.06. The summed E-state index contributed by atoms with van der Waals surface area (Å²) in [6.45, 7) is 0. The molecule has 0 amide bonds. The van der Waals surface area contributed by atoms with Crippen molar-refractivity contribution in [2.24, 2.45) is 0 Å². The van der Waals surface area contributed by atoms with Gasteiger partial charge in [-0.15, -0.1) is 11.3 Å². The number of nitrogen functional groups attached to an aromatic ring is 1. The average Bonchev–Trinajstić information content (AvgIpc) is 3.19. The van der Waals surface area contributed by atoms with Gasteiger partial charge in [-0.05, 0) is 29.6 Å². The van der Waals surface area contributed by atoms with Gasteiger partial charge in [-0.2, -0.15) is 10.5 Å². The van der Waals surface area contributed by atoms with Gasteiger partial charge in [0, 0.05) is 16.0 Å². The fraction of sp³-hybridized carbons (Fsp3) is 0. The number of thiophene rings is 1. The van der Waals surface area contributed by atoms with Gasteiger partial charge >= 0.3 is 0 Å². The standard InChI is InChI=1S/C16H9N3OS/c17-8-12-10(14-3-1-5-20-14)7-11(13(9-18)16(12)19)15-4-2-6-21-15/h1-7H,19H2. The molecule has 0 atom stereocenters. The Hall–Kier alpha value is -3.02. The van der Waals surface area contributed by atoms with E-state index >= 15 is 0 Å². The summed E-state index contributed by atoms with van der Waals surface area (Å²) in [7, 11) is 0. The molecule has 0 radical (unpaired) electrons. The monoisotopic (exact) mass is 291 g/mol. The van der Waals surface area contributed by atoms with Crippen molar-refractivity contribution in [3.63, 3.8) is 0 Å². The Kier molecular flexibility index (Phi) is 3.19. The highest BCUT2D eigenvalue weighted by Crippen LogP contribution is 2.38. The van der Waals surface area contributed by atoms with Crippen LogP contribution in [0.25, 0.3) is 21.8 Å². The fourth-order valence-corrected chi connectivity index (χ4v) is 2.95. The van der Waals surface area contributed by atoms with E-state index in [1.54, 1.807) is 18.2 Å². The Morgan fingerprint density at radius 2 is 1.81 bits per heavy atom. The maximum atomic E-state index is 9.38. The minimum atomic E-state index is 0.192. The van der Waals surface area contributed by atoms with Crippen molar-refractivity contribution in [3.8, 4) is 33.9 Å². The van der Waals surface area contributed by atoms with Crippen LogP contribution >= 0.6 is 11.3 Å². The molecule has 2 N–H and O–H groups in total. The van der Waals surface area contributed by atoms with Crippen LogP contribution in [0.4, 0.5) is 5.69 Å². The van der Waals surface area contributed by atoms with Crippen LogP contribution in [-0.2, 0) is 0 Å². The van der Waals surface area contributed by atoms with E-state index in [9.17, 15) is 10.5 Å². The molecule has 0 aliphatic heterocycles. The minimum absolute atomic E-state index is 0.192. The molecule has 100 valence electrons. The van der Waals surface area contributed by atoms with E-state index in [0.29, 0.717) is 16.9 Å². The van der Waals surface area contributed by atoms with Gasteiger partial charge in [-0.3, -0.25) is 0 Å². The molecule has 0 bridgehead atoms. The van der Waals surface area contributed by atoms with E-state index < -0.39 is 0 Å². The van der Waals surface area contributed by atoms with E-state index in [-0.39, 0.29) is 11.3 Å². The molecule has 2 aromatic heterocycles. The van der Waals surface area contributed by atoms with E-state index in [1.165, 1.54) is 17.6 Å². The first-order valence-corrected chi connectivity index (χ1v) is 6.98. The van der Waals surface area contributed by atoms with Gasteiger partial charge in [0.05, 0.1) is 23.1 Å². The van der Waals surface area contributed by atoms with Crippen molar-refractivity contribution in [1.29, 1.82) is 10.5 Å². The molecule has 4 nitrogen and oxygen atoms in total. The van der Waals surface area contributed by atoms with Crippen molar-refractivity contribution in [3.05, 3.63) is 53.1 Å². The first kappa shape index (κ1) is 13.0. The zero-order valence-corrected chi connectivity index (χ0v) is 11.6. The van der Waals surface area contributed by atoms with Crippen molar-refractivity contribution in [2.75, 3.05) is 5.73 Å². The number of hydrogen-bond acceptors (Lipinski definition) is 5. The molecule has 0 fully saturated rings. The first-order chi connectivity index (χ1) is 10.3. The molecule has 5 heteroatoms. The summed E-state index contributed by atoms with van der Waals surface area (Å²) in [6.07, 6.45) is 1.54. The molecule has 0 spiro atoms. The van der Waals surface area contributed by atoms with Crippen LogP contribution in [0.5, 0.6) is 0 Å². The highest BCUT2D eigenvalue weighted by atomic mass is 32.1. The lowest BCUT2D eigenvalue weighted by molar-refractivity contribution is 0.582. The summed E-state index contributed by atoms with van der Waals surface area (Å²) in [6, 6.07) is 13.3. The van der Waals surface area contributed by atoms with Gasteiger partial charge < -0.3 is 10.2 Å². The van der Waals surface area contributed by atoms with Crippen LogP contribution in [0, 0.1) is 22.7 Å². The van der Waals surface area contributed by atoms with Crippen molar-refractivity contribution < 1.29 is 4.42 Å². The molecule has 0 saturated carbocycles. The third-order valence-electron chi connectivity index (χ3n) is 3.16. The van der Waals surface area contributed by atoms with Gasteiger partial charge in [-0.1, -0.05) is 6.07 Å². The van der Waals surface area contributed by atoms with Crippen LogP contribution in [-0.4, -0.2) is 0 Å². The molecule has 2 heterocycles. The highest BCUT2D eigenvalue weighted by molar-refractivity contribution is 7.13. The number of benzene rings is 1. The zero-order valence-electron chi connectivity index (χ0n) is 10.8. The van der Waals surface area contributed by atoms with Crippen LogP contribution in [0.3, 0.4) is 0 Å². The maximum Gasteiger partial charge on any atom is 0.135 e. The normalized spacial score (nSPS) is 10.0. The van der Waals surface area contributed by atoms with Gasteiger partial charge in [0.15, 0.2) is 0 Å². The summed E-state index contributed by atoms with van der Waals surface area (Å²) in [5.41, 5.74) is 8.13. The third-order valence-corrected chi connectivity index (χ3v) is 4.07. The number of anilines is 1. The molecular formula is C16H9N3OS. The molecule has 0 aliphatic carbocycles. The largest absolute Gasteiger partial charge is 0.464 e. The lowest BCUT2D eigenvalue weighted by Crippen LogP contribution is -1.99. The predicted molar refractivity (Wildman–Crippen MR) is 81.3 cm³/mol. The molecular weight excluding hydrogens is 282 g/mol. The number of furan rings is 1. The zero-order chi connectivity index (χ0) is 14.8. The summed E-state index contributed by atoms with van der Waals surface area (Å²) in [4.78, 5) is 0.926. The molecule has 21 heavy (non-hydrogen) atoms. The Morgan fingerprint density at radius 1 is 1.05 bits per heavy atom. The maximum absolute atomic E-state index is 9.38. The Labute approximate surface area is 125 Å². The molecule has 0 unspecified atom stereocenters. The van der Waals surface area contributed by atoms with Crippen LogP contribution in [0.15, 0.2) is 46.4 Å². The quantitative estimate of drug-likeness (QED) is 0.723. The summed E-state index contributed by atoms with van der Waals surface area (Å²) < 4.78 is 5.38. The molecule has 3 aromatic rings. The number of nitrogens with zero attached hydrogens (tertiary/aromatic N) is 2. The van der Waals surface area contributed by atoms with E-state index in [1.807, 2.05) is 17.5 Å². The highest BCUT2D eigenvalue weighted by Gasteiger charge is 2.19. The lowest BCUT2D eigenvalue weighted by atomic mass is 9.94. The van der Waals surface area contributed by atoms with E-state index in [4.69, 9.17) is 10.2 Å². The fourth-order valence-electron chi connectivity index (χ4n) is 2.20. The summed E-state index contributed by atoms with van der Waals surface area (Å²) in [5.74, 6) is 0.556. The van der Waals surface area contributed by atoms with Crippen LogP contribution in [0.2, 0.25) is 0 Å². The van der Waals surface area contributed by atoms with Gasteiger partial charge in [0.25, 0.3) is 0 Å². The number of nitrogens with two attached hydrogens (primary N) is 1. The Morgan fingerprint density at radius 3 is 2.38 bits per heavy atom. The van der Waals surface area contributed by atoms with Crippen LogP contribution < -0.4 is 5.73 Å². The van der Waals surface area contributed by atoms with Crippen LogP contribution in [0.1, 0.15) is 11.1 Å². The second kappa shape index (κ2) is 5.16. The Balaban J connectivity index is 2.37. The minimum Gasteiger partial charge on any atom is -0.464 e. The van der Waals surface area contributed by atoms with E-state index in [0.717, 1.165) is 10.4 Å². The van der Waals surface area contributed by atoms with Crippen molar-refractivity contribution in [1.82, 2.24) is 0 Å². The molecule has 3 rings (SSSR count). The topological polar surface area (TPSA) is 86.7 Å². The Bertz CT molecular complexity index is 795. The smallest absolute Gasteiger partial charge is 0.135 e. The second-order valence-corrected chi connectivity index (χ2v) is 5.26.